The summed E-state index contributed by atoms with van der Waals surface area (Å²) in [7, 11) is 0. The van der Waals surface area contributed by atoms with E-state index in [2.05, 4.69) is 0 Å². The molecule has 2 aliphatic rings. The van der Waals surface area contributed by atoms with Gasteiger partial charge >= 0.3 is 0 Å². The molecule has 4 rings (SSSR count). The van der Waals surface area contributed by atoms with E-state index < -0.39 is 0 Å². The van der Waals surface area contributed by atoms with Crippen molar-refractivity contribution in [3.63, 3.8) is 0 Å². The molecule has 0 radical (unpaired) electrons. The van der Waals surface area contributed by atoms with Gasteiger partial charge in [0.2, 0.25) is 5.91 Å². The van der Waals surface area contributed by atoms with Gasteiger partial charge in [-0.25, -0.2) is 0 Å². The molecule has 0 bridgehead atoms. The zero-order valence-electron chi connectivity index (χ0n) is 19.8. The number of imide groups is 1. The predicted molar refractivity (Wildman–Crippen MR) is 129 cm³/mol. The highest BCUT2D eigenvalue weighted by molar-refractivity contribution is 6.21. The molecular formula is C27H31N3O4. The van der Waals surface area contributed by atoms with Crippen molar-refractivity contribution in [1.29, 1.82) is 0 Å². The van der Waals surface area contributed by atoms with Crippen LogP contribution in [0.25, 0.3) is 0 Å². The summed E-state index contributed by atoms with van der Waals surface area (Å²) in [5.41, 5.74) is 2.42. The van der Waals surface area contributed by atoms with Crippen LogP contribution in [0.4, 0.5) is 0 Å². The van der Waals surface area contributed by atoms with E-state index in [1.165, 1.54) is 4.90 Å². The minimum absolute atomic E-state index is 0.0216. The average Bonchev–Trinajstić information content (AvgIpc) is 3.09. The third kappa shape index (κ3) is 4.74. The molecule has 0 saturated carbocycles. The zero-order valence-corrected chi connectivity index (χ0v) is 19.8. The van der Waals surface area contributed by atoms with Crippen molar-refractivity contribution < 1.29 is 19.2 Å². The van der Waals surface area contributed by atoms with E-state index in [4.69, 9.17) is 0 Å². The van der Waals surface area contributed by atoms with Gasteiger partial charge in [-0.05, 0) is 50.5 Å². The summed E-state index contributed by atoms with van der Waals surface area (Å²) in [5.74, 6) is -0.690. The van der Waals surface area contributed by atoms with Crippen molar-refractivity contribution in [2.45, 2.75) is 45.6 Å². The Morgan fingerprint density at radius 3 is 2.32 bits per heavy atom. The van der Waals surface area contributed by atoms with E-state index in [0.29, 0.717) is 36.3 Å². The highest BCUT2D eigenvalue weighted by Gasteiger charge is 2.36. The first-order valence-corrected chi connectivity index (χ1v) is 12.0. The highest BCUT2D eigenvalue weighted by Crippen LogP contribution is 2.25. The quantitative estimate of drug-likeness (QED) is 0.591. The molecule has 0 aliphatic carbocycles. The van der Waals surface area contributed by atoms with Crippen LogP contribution in [0.5, 0.6) is 0 Å². The fourth-order valence-electron chi connectivity index (χ4n) is 4.85. The number of benzene rings is 2. The Labute approximate surface area is 200 Å². The number of piperidine rings is 1. The Bertz CT molecular complexity index is 1090. The number of likely N-dealkylation sites (tertiary alicyclic amines) is 1. The number of amides is 4. The summed E-state index contributed by atoms with van der Waals surface area (Å²) >= 11 is 0. The van der Waals surface area contributed by atoms with Gasteiger partial charge in [0.15, 0.2) is 0 Å². The van der Waals surface area contributed by atoms with Crippen LogP contribution in [0, 0.1) is 6.92 Å². The summed E-state index contributed by atoms with van der Waals surface area (Å²) in [6.45, 7) is 5.81. The van der Waals surface area contributed by atoms with Crippen molar-refractivity contribution >= 4 is 23.6 Å². The lowest BCUT2D eigenvalue weighted by molar-refractivity contribution is -0.134. The number of carbonyl (C=O) groups excluding carboxylic acids is 4. The maximum absolute atomic E-state index is 13.2. The summed E-state index contributed by atoms with van der Waals surface area (Å²) in [5, 5.41) is 0. The average molecular weight is 462 g/mol. The van der Waals surface area contributed by atoms with Crippen LogP contribution in [0.1, 0.15) is 69.2 Å². The zero-order chi connectivity index (χ0) is 24.2. The molecule has 0 N–H and O–H groups in total. The summed E-state index contributed by atoms with van der Waals surface area (Å²) in [6.07, 6.45) is 2.36. The van der Waals surface area contributed by atoms with Crippen LogP contribution in [0.2, 0.25) is 0 Å². The molecule has 0 atom stereocenters. The molecule has 0 aromatic heterocycles. The largest absolute Gasteiger partial charge is 0.340 e. The van der Waals surface area contributed by atoms with Crippen LogP contribution in [0.15, 0.2) is 48.5 Å². The molecule has 34 heavy (non-hydrogen) atoms. The number of rotatable bonds is 7. The van der Waals surface area contributed by atoms with Gasteiger partial charge in [-0.2, -0.15) is 0 Å². The SMILES string of the molecule is CCCN(C(=O)CCN1C(=O)c2ccc(C)cc2C1=O)C1CCN(C(=O)c2ccccc2)CC1. The van der Waals surface area contributed by atoms with Gasteiger partial charge in [0, 0.05) is 44.2 Å². The van der Waals surface area contributed by atoms with Gasteiger partial charge in [-0.15, -0.1) is 0 Å². The number of nitrogens with zero attached hydrogens (tertiary/aromatic N) is 3. The Kier molecular flexibility index (Phi) is 7.10. The lowest BCUT2D eigenvalue weighted by Crippen LogP contribution is -2.49. The topological polar surface area (TPSA) is 78.0 Å². The number of aryl methyl sites for hydroxylation is 1. The maximum atomic E-state index is 13.2. The van der Waals surface area contributed by atoms with Gasteiger partial charge in [0.05, 0.1) is 11.1 Å². The first kappa shape index (κ1) is 23.7. The fourth-order valence-corrected chi connectivity index (χ4v) is 4.85. The van der Waals surface area contributed by atoms with Crippen molar-refractivity contribution in [1.82, 2.24) is 14.7 Å². The second-order valence-corrected chi connectivity index (χ2v) is 9.04. The monoisotopic (exact) mass is 461 g/mol. The van der Waals surface area contributed by atoms with Crippen molar-refractivity contribution in [2.75, 3.05) is 26.2 Å². The molecule has 0 unspecified atom stereocenters. The fraction of sp³-hybridized carbons (Fsp3) is 0.407. The molecule has 0 spiro atoms. The third-order valence-electron chi connectivity index (χ3n) is 6.67. The summed E-state index contributed by atoms with van der Waals surface area (Å²) < 4.78 is 0. The summed E-state index contributed by atoms with van der Waals surface area (Å²) in [6, 6.07) is 14.5. The second-order valence-electron chi connectivity index (χ2n) is 9.04. The third-order valence-corrected chi connectivity index (χ3v) is 6.67. The van der Waals surface area contributed by atoms with E-state index in [1.54, 1.807) is 12.1 Å². The molecule has 1 fully saturated rings. The Hall–Kier alpha value is -3.48. The molecule has 7 nitrogen and oxygen atoms in total. The van der Waals surface area contributed by atoms with Gasteiger partial charge < -0.3 is 9.80 Å². The standard InChI is InChI=1S/C27H31N3O4/c1-3-14-29(21-11-15-28(16-12-21)25(32)20-7-5-4-6-8-20)24(31)13-17-30-26(33)22-10-9-19(2)18-23(22)27(30)34/h4-10,18,21H,3,11-17H2,1-2H3. The Morgan fingerprint density at radius 1 is 0.971 bits per heavy atom. The van der Waals surface area contributed by atoms with Crippen LogP contribution < -0.4 is 0 Å². The smallest absolute Gasteiger partial charge is 0.261 e. The van der Waals surface area contributed by atoms with E-state index in [-0.39, 0.29) is 42.6 Å². The van der Waals surface area contributed by atoms with Crippen molar-refractivity contribution in [2.24, 2.45) is 0 Å². The normalized spacial score (nSPS) is 16.1. The van der Waals surface area contributed by atoms with Gasteiger partial charge in [-0.1, -0.05) is 36.8 Å². The van der Waals surface area contributed by atoms with E-state index >= 15 is 0 Å². The number of fused-ring (bicyclic) bond motifs is 1. The predicted octanol–water partition coefficient (Wildman–Crippen LogP) is 3.52. The first-order chi connectivity index (χ1) is 16.4. The molecule has 2 heterocycles. The molecule has 2 aliphatic heterocycles. The maximum Gasteiger partial charge on any atom is 0.261 e. The van der Waals surface area contributed by atoms with E-state index in [1.807, 2.05) is 60.0 Å². The minimum Gasteiger partial charge on any atom is -0.340 e. The molecular weight excluding hydrogens is 430 g/mol. The molecule has 1 saturated heterocycles. The van der Waals surface area contributed by atoms with Gasteiger partial charge in [-0.3, -0.25) is 24.1 Å². The highest BCUT2D eigenvalue weighted by atomic mass is 16.2. The minimum atomic E-state index is -0.331. The van der Waals surface area contributed by atoms with Crippen LogP contribution >= 0.6 is 0 Å². The molecule has 2 aromatic carbocycles. The van der Waals surface area contributed by atoms with E-state index in [0.717, 1.165) is 24.8 Å². The number of hydrogen-bond donors (Lipinski definition) is 0. The molecule has 2 aromatic rings. The Balaban J connectivity index is 1.35. The Morgan fingerprint density at radius 2 is 1.65 bits per heavy atom. The van der Waals surface area contributed by atoms with Crippen molar-refractivity contribution in [3.8, 4) is 0 Å². The van der Waals surface area contributed by atoms with Gasteiger partial charge in [0.25, 0.3) is 17.7 Å². The lowest BCUT2D eigenvalue weighted by atomic mass is 10.0. The van der Waals surface area contributed by atoms with Crippen LogP contribution in [-0.2, 0) is 4.79 Å². The lowest BCUT2D eigenvalue weighted by Gasteiger charge is -2.39. The van der Waals surface area contributed by atoms with E-state index in [9.17, 15) is 19.2 Å². The first-order valence-electron chi connectivity index (χ1n) is 12.0. The molecule has 7 heteroatoms. The van der Waals surface area contributed by atoms with Crippen LogP contribution in [0.3, 0.4) is 0 Å². The second kappa shape index (κ2) is 10.2. The number of carbonyl (C=O) groups is 4. The van der Waals surface area contributed by atoms with Crippen molar-refractivity contribution in [3.05, 3.63) is 70.8 Å². The number of hydrogen-bond acceptors (Lipinski definition) is 4. The molecule has 178 valence electrons. The van der Waals surface area contributed by atoms with Gasteiger partial charge in [0.1, 0.15) is 0 Å². The molecule has 4 amide bonds. The summed E-state index contributed by atoms with van der Waals surface area (Å²) in [4.78, 5) is 56.2. The van der Waals surface area contributed by atoms with Crippen LogP contribution in [-0.4, -0.2) is 70.5 Å².